The molecule has 0 nitrogen and oxygen atoms in total. The lowest BCUT2D eigenvalue weighted by Crippen LogP contribution is -2.13. The topological polar surface area (TPSA) is 0 Å². The minimum absolute atomic E-state index is 0.999. The van der Waals surface area contributed by atoms with E-state index in [9.17, 15) is 0 Å². The van der Waals surface area contributed by atoms with E-state index in [0.29, 0.717) is 0 Å². The van der Waals surface area contributed by atoms with Gasteiger partial charge in [-0.3, -0.25) is 0 Å². The van der Waals surface area contributed by atoms with Crippen LogP contribution >= 0.6 is 0 Å². The van der Waals surface area contributed by atoms with Crippen molar-refractivity contribution in [2.24, 2.45) is 11.8 Å². The largest absolute Gasteiger partial charge is 0.0654 e. The van der Waals surface area contributed by atoms with Gasteiger partial charge in [0.05, 0.1) is 0 Å². The molecule has 0 heterocycles. The third-order valence-electron chi connectivity index (χ3n) is 3.04. The molecule has 0 saturated heterocycles. The second kappa shape index (κ2) is 5.61. The highest BCUT2D eigenvalue weighted by atomic mass is 14.2. The van der Waals surface area contributed by atoms with E-state index in [-0.39, 0.29) is 0 Å². The molecule has 0 amide bonds. The maximum absolute atomic E-state index is 2.50. The first kappa shape index (κ1) is 10.1. The first-order valence-corrected chi connectivity index (χ1v) is 5.64. The number of hydrogen-bond donors (Lipinski definition) is 0. The molecule has 0 N–H and O–H groups in total. The van der Waals surface area contributed by atoms with Crippen molar-refractivity contribution in [1.29, 1.82) is 0 Å². The van der Waals surface area contributed by atoms with Gasteiger partial charge in [0.25, 0.3) is 0 Å². The predicted octanol–water partition coefficient (Wildman–Crippen LogP) is 4.21. The van der Waals surface area contributed by atoms with Crippen LogP contribution in [0.4, 0.5) is 0 Å². The van der Waals surface area contributed by atoms with Gasteiger partial charge in [-0.2, -0.15) is 0 Å². The molecule has 2 atom stereocenters. The summed E-state index contributed by atoms with van der Waals surface area (Å²) >= 11 is 0. The summed E-state index contributed by atoms with van der Waals surface area (Å²) < 4.78 is 0. The smallest absolute Gasteiger partial charge is 0.0383 e. The van der Waals surface area contributed by atoms with E-state index in [4.69, 9.17) is 0 Å². The third-order valence-corrected chi connectivity index (χ3v) is 3.04. The Hall–Kier alpha value is 0. The molecule has 0 aromatic heterocycles. The summed E-state index contributed by atoms with van der Waals surface area (Å²) in [6, 6.07) is 0. The van der Waals surface area contributed by atoms with Gasteiger partial charge in [0, 0.05) is 0 Å². The van der Waals surface area contributed by atoms with E-state index >= 15 is 0 Å². The molecule has 1 aliphatic carbocycles. The zero-order valence-corrected chi connectivity index (χ0v) is 8.68. The van der Waals surface area contributed by atoms with Gasteiger partial charge in [0.1, 0.15) is 0 Å². The van der Waals surface area contributed by atoms with E-state index in [1.165, 1.54) is 44.9 Å². The molecule has 1 saturated carbocycles. The molecule has 1 fully saturated rings. The van der Waals surface area contributed by atoms with Gasteiger partial charge in [-0.1, -0.05) is 46.0 Å². The first-order valence-electron chi connectivity index (χ1n) is 5.64. The molecule has 0 aromatic rings. The predicted molar refractivity (Wildman–Crippen MR) is 54.9 cm³/mol. The second-order valence-electron chi connectivity index (χ2n) is 4.45. The fourth-order valence-electron chi connectivity index (χ4n) is 2.33. The fourth-order valence-corrected chi connectivity index (χ4v) is 2.33. The molecule has 12 heavy (non-hydrogen) atoms. The molecule has 0 bridgehead atoms. The maximum atomic E-state index is 2.50. The van der Waals surface area contributed by atoms with E-state index in [1.54, 1.807) is 0 Å². The van der Waals surface area contributed by atoms with Gasteiger partial charge in [0.2, 0.25) is 0 Å². The molecular formula is C12H23. The van der Waals surface area contributed by atoms with Gasteiger partial charge < -0.3 is 0 Å². The van der Waals surface area contributed by atoms with Crippen LogP contribution in [0.2, 0.25) is 0 Å². The van der Waals surface area contributed by atoms with Crippen molar-refractivity contribution in [2.45, 2.75) is 58.8 Å². The normalized spacial score (nSPS) is 30.5. The van der Waals surface area contributed by atoms with E-state index < -0.39 is 0 Å². The van der Waals surface area contributed by atoms with Gasteiger partial charge in [0.15, 0.2) is 0 Å². The van der Waals surface area contributed by atoms with Crippen molar-refractivity contribution in [2.75, 3.05) is 0 Å². The summed E-state index contributed by atoms with van der Waals surface area (Å²) in [6.07, 6.45) is 12.5. The SMILES string of the molecule is CCC[CH]CC1CCCC(C)C1. The van der Waals surface area contributed by atoms with Crippen LogP contribution in [-0.4, -0.2) is 0 Å². The average Bonchev–Trinajstić information content (AvgIpc) is 2.05. The third kappa shape index (κ3) is 3.60. The minimum Gasteiger partial charge on any atom is -0.0654 e. The molecule has 1 rings (SSSR count). The average molecular weight is 167 g/mol. The van der Waals surface area contributed by atoms with Gasteiger partial charge in [-0.15, -0.1) is 0 Å². The van der Waals surface area contributed by atoms with Crippen LogP contribution in [0.25, 0.3) is 0 Å². The van der Waals surface area contributed by atoms with Crippen LogP contribution in [0.1, 0.15) is 58.8 Å². The van der Waals surface area contributed by atoms with E-state index in [2.05, 4.69) is 20.3 Å². The Morgan fingerprint density at radius 1 is 1.33 bits per heavy atom. The number of hydrogen-bond acceptors (Lipinski definition) is 0. The zero-order valence-electron chi connectivity index (χ0n) is 8.68. The van der Waals surface area contributed by atoms with Crippen molar-refractivity contribution in [3.63, 3.8) is 0 Å². The second-order valence-corrected chi connectivity index (χ2v) is 4.45. The molecular weight excluding hydrogens is 144 g/mol. The van der Waals surface area contributed by atoms with Crippen LogP contribution in [0.15, 0.2) is 0 Å². The maximum Gasteiger partial charge on any atom is -0.0383 e. The molecule has 0 aromatic carbocycles. The Morgan fingerprint density at radius 2 is 2.17 bits per heavy atom. The molecule has 2 unspecified atom stereocenters. The molecule has 71 valence electrons. The molecule has 1 radical (unpaired) electrons. The lowest BCUT2D eigenvalue weighted by Gasteiger charge is -2.26. The van der Waals surface area contributed by atoms with Crippen LogP contribution in [-0.2, 0) is 0 Å². The highest BCUT2D eigenvalue weighted by Crippen LogP contribution is 2.31. The number of rotatable bonds is 4. The summed E-state index contributed by atoms with van der Waals surface area (Å²) in [4.78, 5) is 0. The standard InChI is InChI=1S/C12H23/c1-3-4-5-8-12-9-6-7-11(2)10-12/h5,11-12H,3-4,6-10H2,1-2H3. The Morgan fingerprint density at radius 3 is 2.83 bits per heavy atom. The monoisotopic (exact) mass is 167 g/mol. The Labute approximate surface area is 77.7 Å². The van der Waals surface area contributed by atoms with Crippen LogP contribution in [0.3, 0.4) is 0 Å². The minimum atomic E-state index is 0.999. The summed E-state index contributed by atoms with van der Waals surface area (Å²) in [7, 11) is 0. The molecule has 1 aliphatic rings. The Kier molecular flexibility index (Phi) is 4.72. The van der Waals surface area contributed by atoms with Gasteiger partial charge in [-0.25, -0.2) is 0 Å². The molecule has 0 heteroatoms. The Bertz CT molecular complexity index is 107. The number of unbranched alkanes of at least 4 members (excludes halogenated alkanes) is 2. The summed E-state index contributed by atoms with van der Waals surface area (Å²) in [5, 5.41) is 0. The van der Waals surface area contributed by atoms with E-state index in [0.717, 1.165) is 11.8 Å². The van der Waals surface area contributed by atoms with Crippen molar-refractivity contribution < 1.29 is 0 Å². The molecule has 0 spiro atoms. The first-order chi connectivity index (χ1) is 5.83. The van der Waals surface area contributed by atoms with E-state index in [1.807, 2.05) is 0 Å². The Balaban J connectivity index is 2.06. The van der Waals surface area contributed by atoms with Crippen LogP contribution < -0.4 is 0 Å². The highest BCUT2D eigenvalue weighted by Gasteiger charge is 2.17. The summed E-state index contributed by atoms with van der Waals surface area (Å²) in [6.45, 7) is 4.67. The van der Waals surface area contributed by atoms with Crippen molar-refractivity contribution in [3.8, 4) is 0 Å². The highest BCUT2D eigenvalue weighted by molar-refractivity contribution is 4.76. The van der Waals surface area contributed by atoms with Crippen LogP contribution in [0.5, 0.6) is 0 Å². The zero-order chi connectivity index (χ0) is 8.81. The summed E-state index contributed by atoms with van der Waals surface area (Å²) in [5.41, 5.74) is 0. The molecule has 0 aliphatic heterocycles. The fraction of sp³-hybridized carbons (Fsp3) is 0.917. The quantitative estimate of drug-likeness (QED) is 0.550. The van der Waals surface area contributed by atoms with Crippen molar-refractivity contribution in [1.82, 2.24) is 0 Å². The van der Waals surface area contributed by atoms with Gasteiger partial charge >= 0.3 is 0 Å². The van der Waals surface area contributed by atoms with Crippen molar-refractivity contribution in [3.05, 3.63) is 6.42 Å². The van der Waals surface area contributed by atoms with Crippen LogP contribution in [0, 0.1) is 18.3 Å². The lowest BCUT2D eigenvalue weighted by molar-refractivity contribution is 0.278. The summed E-state index contributed by atoms with van der Waals surface area (Å²) in [5.74, 6) is 2.03. The van der Waals surface area contributed by atoms with Gasteiger partial charge in [-0.05, 0) is 31.1 Å². The lowest BCUT2D eigenvalue weighted by atomic mass is 9.80. The van der Waals surface area contributed by atoms with Crippen molar-refractivity contribution >= 4 is 0 Å².